The SMILES string of the molecule is C1=Cc2ccccc2C2CC=C(N(c3ccc(-c4ccccc4)c(-c4ccccc4)c3)c3ccccc3-c3cccc4c3oc3c5ccccc5ccc43)C=C12. The zero-order valence-electron chi connectivity index (χ0n) is 30.8. The fraction of sp³-hybridized carbons (Fsp3) is 0.0370. The summed E-state index contributed by atoms with van der Waals surface area (Å²) >= 11 is 0. The molecule has 0 saturated heterocycles. The molecule has 1 aromatic heterocycles. The van der Waals surface area contributed by atoms with Crippen LogP contribution in [0, 0.1) is 0 Å². The standard InChI is InChI=1S/C54H37NO/c1-3-14-36(15-4-1)44-32-30-42(35-51(44)37-16-5-2-6-17-37)55(41-29-33-45-40(34-41)27-26-38-18-7-9-20-43(38)45)52-25-12-11-22-47(52)48-23-13-24-49-50-31-28-39-19-8-10-21-46(39)53(50)56-54(48)49/h1-32,34-35,45H,33H2. The van der Waals surface area contributed by atoms with Gasteiger partial charge in [0.25, 0.3) is 0 Å². The summed E-state index contributed by atoms with van der Waals surface area (Å²) in [6.45, 7) is 0. The van der Waals surface area contributed by atoms with Crippen LogP contribution in [0.25, 0.3) is 72.2 Å². The smallest absolute Gasteiger partial charge is 0.143 e. The van der Waals surface area contributed by atoms with Gasteiger partial charge < -0.3 is 9.32 Å². The molecule has 0 saturated carbocycles. The molecule has 0 fully saturated rings. The van der Waals surface area contributed by atoms with Crippen LogP contribution in [0.3, 0.4) is 0 Å². The van der Waals surface area contributed by atoms with Crippen LogP contribution in [0.5, 0.6) is 0 Å². The molecule has 1 unspecified atom stereocenters. The Bertz CT molecular complexity index is 3050. The highest BCUT2D eigenvalue weighted by molar-refractivity contribution is 6.17. The summed E-state index contributed by atoms with van der Waals surface area (Å²) < 4.78 is 6.93. The average molecular weight is 716 g/mol. The van der Waals surface area contributed by atoms with Crippen LogP contribution in [0.15, 0.2) is 216 Å². The number of allylic oxidation sites excluding steroid dienone is 4. The molecule has 264 valence electrons. The molecule has 0 bridgehead atoms. The highest BCUT2D eigenvalue weighted by Crippen LogP contribution is 2.48. The Morgan fingerprint density at radius 3 is 2.05 bits per heavy atom. The number of hydrogen-bond acceptors (Lipinski definition) is 2. The van der Waals surface area contributed by atoms with Crippen molar-refractivity contribution >= 4 is 50.2 Å². The zero-order chi connectivity index (χ0) is 37.0. The number of rotatable bonds is 6. The molecule has 1 heterocycles. The molecule has 2 aliphatic carbocycles. The molecule has 0 N–H and O–H groups in total. The quantitative estimate of drug-likeness (QED) is 0.170. The van der Waals surface area contributed by atoms with E-state index in [9.17, 15) is 0 Å². The Morgan fingerprint density at radius 1 is 0.482 bits per heavy atom. The van der Waals surface area contributed by atoms with E-state index in [0.717, 1.165) is 61.9 Å². The number of nitrogens with zero attached hydrogens (tertiary/aromatic N) is 1. The molecule has 0 spiro atoms. The lowest BCUT2D eigenvalue weighted by molar-refractivity contribution is 0.674. The first-order chi connectivity index (χ1) is 27.8. The highest BCUT2D eigenvalue weighted by atomic mass is 16.3. The van der Waals surface area contributed by atoms with Gasteiger partial charge in [0.1, 0.15) is 11.2 Å². The van der Waals surface area contributed by atoms with Crippen molar-refractivity contribution in [1.29, 1.82) is 0 Å². The minimum Gasteiger partial charge on any atom is -0.455 e. The minimum atomic E-state index is 0.330. The molecule has 2 aliphatic rings. The van der Waals surface area contributed by atoms with Gasteiger partial charge in [-0.15, -0.1) is 0 Å². The maximum atomic E-state index is 6.93. The van der Waals surface area contributed by atoms with Gasteiger partial charge in [0.05, 0.1) is 5.69 Å². The lowest BCUT2D eigenvalue weighted by atomic mass is 9.78. The average Bonchev–Trinajstić information content (AvgIpc) is 3.67. The molecule has 0 aliphatic heterocycles. The molecule has 56 heavy (non-hydrogen) atoms. The zero-order valence-corrected chi connectivity index (χ0v) is 30.8. The van der Waals surface area contributed by atoms with Crippen LogP contribution in [0.1, 0.15) is 23.5 Å². The Balaban J connectivity index is 1.14. The first kappa shape index (κ1) is 32.3. The molecular formula is C54H37NO. The largest absolute Gasteiger partial charge is 0.455 e. The van der Waals surface area contributed by atoms with Gasteiger partial charge in [-0.2, -0.15) is 0 Å². The molecule has 2 nitrogen and oxygen atoms in total. The van der Waals surface area contributed by atoms with E-state index in [1.165, 1.54) is 44.3 Å². The number of benzene rings is 8. The molecular weight excluding hydrogens is 679 g/mol. The summed E-state index contributed by atoms with van der Waals surface area (Å²) in [5, 5.41) is 4.56. The number of hydrogen-bond donors (Lipinski definition) is 0. The van der Waals surface area contributed by atoms with Gasteiger partial charge in [-0.1, -0.05) is 176 Å². The predicted molar refractivity (Wildman–Crippen MR) is 235 cm³/mol. The van der Waals surface area contributed by atoms with E-state index in [-0.39, 0.29) is 0 Å². The summed E-state index contributed by atoms with van der Waals surface area (Å²) in [7, 11) is 0. The van der Waals surface area contributed by atoms with Gasteiger partial charge in [0, 0.05) is 44.6 Å². The second kappa shape index (κ2) is 13.3. The number of fused-ring (bicyclic) bond motifs is 8. The molecule has 0 amide bonds. The van der Waals surface area contributed by atoms with E-state index < -0.39 is 0 Å². The highest BCUT2D eigenvalue weighted by Gasteiger charge is 2.28. The lowest BCUT2D eigenvalue weighted by Gasteiger charge is -2.34. The second-order valence-corrected chi connectivity index (χ2v) is 14.8. The predicted octanol–water partition coefficient (Wildman–Crippen LogP) is 14.9. The monoisotopic (exact) mass is 715 g/mol. The minimum absolute atomic E-state index is 0.330. The van der Waals surface area contributed by atoms with E-state index in [1.807, 2.05) is 0 Å². The summed E-state index contributed by atoms with van der Waals surface area (Å²) in [4.78, 5) is 2.46. The van der Waals surface area contributed by atoms with Gasteiger partial charge in [0.2, 0.25) is 0 Å². The van der Waals surface area contributed by atoms with Gasteiger partial charge >= 0.3 is 0 Å². The summed E-state index contributed by atoms with van der Waals surface area (Å²) in [6.07, 6.45) is 10.3. The number of anilines is 2. The maximum Gasteiger partial charge on any atom is 0.143 e. The van der Waals surface area contributed by atoms with Crippen LogP contribution in [0.2, 0.25) is 0 Å². The van der Waals surface area contributed by atoms with Crippen molar-refractivity contribution in [3.63, 3.8) is 0 Å². The van der Waals surface area contributed by atoms with E-state index >= 15 is 0 Å². The van der Waals surface area contributed by atoms with Crippen molar-refractivity contribution in [2.75, 3.05) is 4.90 Å². The Kier molecular flexibility index (Phi) is 7.67. The van der Waals surface area contributed by atoms with E-state index in [1.54, 1.807) is 0 Å². The van der Waals surface area contributed by atoms with Crippen molar-refractivity contribution in [1.82, 2.24) is 0 Å². The van der Waals surface area contributed by atoms with Crippen LogP contribution >= 0.6 is 0 Å². The number of para-hydroxylation sites is 2. The van der Waals surface area contributed by atoms with Crippen molar-refractivity contribution in [3.05, 3.63) is 223 Å². The van der Waals surface area contributed by atoms with Crippen molar-refractivity contribution in [2.45, 2.75) is 12.3 Å². The Hall–Kier alpha value is -7.16. The molecule has 9 aromatic rings. The summed E-state index contributed by atoms with van der Waals surface area (Å²) in [6, 6.07) is 65.5. The Labute approximate surface area is 326 Å². The summed E-state index contributed by atoms with van der Waals surface area (Å²) in [5.74, 6) is 0.330. The first-order valence-electron chi connectivity index (χ1n) is 19.4. The van der Waals surface area contributed by atoms with Crippen LogP contribution in [-0.4, -0.2) is 0 Å². The summed E-state index contributed by atoms with van der Waals surface area (Å²) in [5.41, 5.74) is 16.2. The number of furan rings is 1. The third-order valence-electron chi connectivity index (χ3n) is 11.6. The normalized spacial score (nSPS) is 14.7. The van der Waals surface area contributed by atoms with E-state index in [4.69, 9.17) is 4.42 Å². The van der Waals surface area contributed by atoms with Crippen molar-refractivity contribution < 1.29 is 4.42 Å². The lowest BCUT2D eigenvalue weighted by Crippen LogP contribution is -2.20. The topological polar surface area (TPSA) is 16.4 Å². The fourth-order valence-electron chi connectivity index (χ4n) is 8.96. The van der Waals surface area contributed by atoms with Crippen LogP contribution in [-0.2, 0) is 0 Å². The van der Waals surface area contributed by atoms with Crippen molar-refractivity contribution in [2.24, 2.45) is 0 Å². The second-order valence-electron chi connectivity index (χ2n) is 14.8. The molecule has 2 heteroatoms. The van der Waals surface area contributed by atoms with Gasteiger partial charge in [-0.25, -0.2) is 0 Å². The van der Waals surface area contributed by atoms with Crippen LogP contribution in [0.4, 0.5) is 11.4 Å². The van der Waals surface area contributed by atoms with Gasteiger partial charge in [0.15, 0.2) is 0 Å². The molecule has 1 atom stereocenters. The Morgan fingerprint density at radius 2 is 1.18 bits per heavy atom. The first-order valence-corrected chi connectivity index (χ1v) is 19.4. The van der Waals surface area contributed by atoms with Gasteiger partial charge in [-0.3, -0.25) is 0 Å². The molecule has 0 radical (unpaired) electrons. The van der Waals surface area contributed by atoms with Crippen LogP contribution < -0.4 is 4.90 Å². The molecule has 8 aromatic carbocycles. The molecule has 11 rings (SSSR count). The maximum absolute atomic E-state index is 6.93. The van der Waals surface area contributed by atoms with Crippen molar-refractivity contribution in [3.8, 4) is 33.4 Å². The van der Waals surface area contributed by atoms with E-state index in [2.05, 4.69) is 211 Å². The fourth-order valence-corrected chi connectivity index (χ4v) is 8.96. The van der Waals surface area contributed by atoms with Gasteiger partial charge in [-0.05, 0) is 81.1 Å². The van der Waals surface area contributed by atoms with E-state index in [0.29, 0.717) is 5.92 Å². The third-order valence-corrected chi connectivity index (χ3v) is 11.6. The third kappa shape index (κ3) is 5.33.